The van der Waals surface area contributed by atoms with Gasteiger partial charge in [-0.2, -0.15) is 0 Å². The molecule has 0 spiro atoms. The zero-order chi connectivity index (χ0) is 17.4. The Bertz CT molecular complexity index is 588. The second-order valence-electron chi connectivity index (χ2n) is 4.54. The number of aliphatic carboxylic acids is 2. The highest BCUT2D eigenvalue weighted by Gasteiger charge is 2.21. The van der Waals surface area contributed by atoms with E-state index >= 15 is 0 Å². The molecule has 0 saturated carbocycles. The molecule has 9 heteroatoms. The molecule has 0 aromatic heterocycles. The lowest BCUT2D eigenvalue weighted by molar-refractivity contribution is -0.148. The van der Waals surface area contributed by atoms with E-state index in [9.17, 15) is 14.4 Å². The van der Waals surface area contributed by atoms with E-state index in [4.69, 9.17) is 19.7 Å². The van der Waals surface area contributed by atoms with Gasteiger partial charge >= 0.3 is 18.0 Å². The van der Waals surface area contributed by atoms with Gasteiger partial charge in [-0.05, 0) is 12.1 Å². The van der Waals surface area contributed by atoms with Crippen LogP contribution in [0.1, 0.15) is 6.42 Å². The molecule has 9 nitrogen and oxygen atoms in total. The zero-order valence-electron chi connectivity index (χ0n) is 12.7. The fraction of sp³-hybridized carbons (Fsp3) is 0.357. The normalized spacial score (nSPS) is 11.2. The molecule has 0 fully saturated rings. The predicted octanol–water partition coefficient (Wildman–Crippen LogP) is 1.00. The molecule has 1 rings (SSSR count). The molecule has 0 saturated heterocycles. The first-order valence-corrected chi connectivity index (χ1v) is 6.58. The lowest BCUT2D eigenvalue weighted by Gasteiger charge is -2.13. The summed E-state index contributed by atoms with van der Waals surface area (Å²) in [5.74, 6) is -2.84. The number of methoxy groups -OCH3 is 2. The summed E-state index contributed by atoms with van der Waals surface area (Å²) in [6.45, 7) is -0.305. The van der Waals surface area contributed by atoms with E-state index in [-0.39, 0.29) is 6.54 Å². The Hall–Kier alpha value is -2.97. The third-order valence-electron chi connectivity index (χ3n) is 2.92. The van der Waals surface area contributed by atoms with Crippen LogP contribution in [-0.2, 0) is 9.59 Å². The van der Waals surface area contributed by atoms with Crippen molar-refractivity contribution in [2.45, 2.75) is 6.42 Å². The molecule has 0 aliphatic heterocycles. The van der Waals surface area contributed by atoms with Crippen LogP contribution in [0.2, 0.25) is 0 Å². The Kier molecular flexibility index (Phi) is 6.66. The summed E-state index contributed by atoms with van der Waals surface area (Å²) in [5.41, 5.74) is 0.408. The molecule has 0 bridgehead atoms. The van der Waals surface area contributed by atoms with Crippen molar-refractivity contribution in [3.8, 4) is 11.5 Å². The van der Waals surface area contributed by atoms with Gasteiger partial charge in [-0.15, -0.1) is 0 Å². The molecule has 1 aromatic carbocycles. The molecule has 1 aromatic rings. The lowest BCUT2D eigenvalue weighted by Crippen LogP contribution is -2.36. The summed E-state index contributed by atoms with van der Waals surface area (Å²) < 4.78 is 10.2. The third-order valence-corrected chi connectivity index (χ3v) is 2.92. The number of hydrogen-bond acceptors (Lipinski definition) is 5. The standard InChI is InChI=1S/C14H18N2O7/c1-22-10-4-3-9(6-11(10)23-2)16-14(21)15-7-8(13(19)20)5-12(17)18/h3-4,6,8H,5,7H2,1-2H3,(H,17,18)(H,19,20)(H2,15,16,21). The minimum absolute atomic E-state index is 0.305. The number of carbonyl (C=O) groups is 3. The quantitative estimate of drug-likeness (QED) is 0.560. The highest BCUT2D eigenvalue weighted by atomic mass is 16.5. The topological polar surface area (TPSA) is 134 Å². The minimum Gasteiger partial charge on any atom is -0.493 e. The minimum atomic E-state index is -1.29. The van der Waals surface area contributed by atoms with Crippen LogP contribution >= 0.6 is 0 Å². The van der Waals surface area contributed by atoms with Gasteiger partial charge in [0.2, 0.25) is 0 Å². The smallest absolute Gasteiger partial charge is 0.319 e. The van der Waals surface area contributed by atoms with Crippen LogP contribution in [0.15, 0.2) is 18.2 Å². The van der Waals surface area contributed by atoms with E-state index in [0.717, 1.165) is 0 Å². The van der Waals surface area contributed by atoms with E-state index in [0.29, 0.717) is 17.2 Å². The second kappa shape index (κ2) is 8.47. The molecule has 1 unspecified atom stereocenters. The summed E-state index contributed by atoms with van der Waals surface area (Å²) in [7, 11) is 2.93. The molecule has 0 heterocycles. The molecule has 0 radical (unpaired) electrons. The van der Waals surface area contributed by atoms with E-state index in [1.54, 1.807) is 12.1 Å². The van der Waals surface area contributed by atoms with Gasteiger partial charge < -0.3 is 30.3 Å². The maximum absolute atomic E-state index is 11.7. The number of amides is 2. The first kappa shape index (κ1) is 18.1. The Balaban J connectivity index is 2.62. The number of urea groups is 1. The van der Waals surface area contributed by atoms with E-state index in [1.165, 1.54) is 20.3 Å². The molecule has 4 N–H and O–H groups in total. The fourth-order valence-electron chi connectivity index (χ4n) is 1.76. The van der Waals surface area contributed by atoms with Crippen LogP contribution in [0.4, 0.5) is 10.5 Å². The molecule has 0 aliphatic carbocycles. The number of carbonyl (C=O) groups excluding carboxylic acids is 1. The highest BCUT2D eigenvalue weighted by Crippen LogP contribution is 2.29. The number of benzene rings is 1. The molecule has 2 amide bonds. The van der Waals surface area contributed by atoms with Crippen LogP contribution in [0.25, 0.3) is 0 Å². The summed E-state index contributed by atoms with van der Waals surface area (Å²) in [5, 5.41) is 22.3. The number of carboxylic acids is 2. The summed E-state index contributed by atoms with van der Waals surface area (Å²) in [4.78, 5) is 33.2. The lowest BCUT2D eigenvalue weighted by atomic mass is 10.1. The van der Waals surface area contributed by atoms with Gasteiger partial charge in [-0.25, -0.2) is 4.79 Å². The van der Waals surface area contributed by atoms with Crippen molar-refractivity contribution >= 4 is 23.7 Å². The average molecular weight is 326 g/mol. The number of carboxylic acid groups (broad SMARTS) is 2. The summed E-state index contributed by atoms with van der Waals surface area (Å²) in [6, 6.07) is 4.05. The number of ether oxygens (including phenoxy) is 2. The summed E-state index contributed by atoms with van der Waals surface area (Å²) >= 11 is 0. The van der Waals surface area contributed by atoms with Crippen molar-refractivity contribution in [2.75, 3.05) is 26.1 Å². The molecular formula is C14H18N2O7. The van der Waals surface area contributed by atoms with Crippen molar-refractivity contribution in [3.05, 3.63) is 18.2 Å². The number of hydrogen-bond donors (Lipinski definition) is 4. The Morgan fingerprint density at radius 2 is 1.78 bits per heavy atom. The number of rotatable bonds is 8. The highest BCUT2D eigenvalue weighted by molar-refractivity contribution is 5.90. The molecule has 1 atom stereocenters. The van der Waals surface area contributed by atoms with E-state index in [1.807, 2.05) is 0 Å². The fourth-order valence-corrected chi connectivity index (χ4v) is 1.76. The predicted molar refractivity (Wildman–Crippen MR) is 79.9 cm³/mol. The number of anilines is 1. The van der Waals surface area contributed by atoms with Crippen molar-refractivity contribution in [3.63, 3.8) is 0 Å². The van der Waals surface area contributed by atoms with Gasteiger partial charge in [0.05, 0.1) is 26.6 Å². The Morgan fingerprint density at radius 1 is 1.13 bits per heavy atom. The first-order valence-electron chi connectivity index (χ1n) is 6.58. The molecule has 126 valence electrons. The Morgan fingerprint density at radius 3 is 2.30 bits per heavy atom. The van der Waals surface area contributed by atoms with Gasteiger partial charge in [-0.1, -0.05) is 0 Å². The van der Waals surface area contributed by atoms with Crippen LogP contribution in [0.5, 0.6) is 11.5 Å². The Labute approximate surface area is 132 Å². The zero-order valence-corrected chi connectivity index (χ0v) is 12.7. The van der Waals surface area contributed by atoms with Gasteiger partial charge in [-0.3, -0.25) is 9.59 Å². The van der Waals surface area contributed by atoms with Crippen molar-refractivity contribution in [2.24, 2.45) is 5.92 Å². The average Bonchev–Trinajstić information content (AvgIpc) is 2.50. The van der Waals surface area contributed by atoms with E-state index in [2.05, 4.69) is 10.6 Å². The molecule has 0 aliphatic rings. The first-order chi connectivity index (χ1) is 10.9. The maximum atomic E-state index is 11.7. The summed E-state index contributed by atoms with van der Waals surface area (Å²) in [6.07, 6.45) is -0.577. The van der Waals surface area contributed by atoms with Gasteiger partial charge in [0.25, 0.3) is 0 Å². The second-order valence-corrected chi connectivity index (χ2v) is 4.54. The maximum Gasteiger partial charge on any atom is 0.319 e. The van der Waals surface area contributed by atoms with Crippen LogP contribution in [0.3, 0.4) is 0 Å². The van der Waals surface area contributed by atoms with Gasteiger partial charge in [0.15, 0.2) is 11.5 Å². The molecule has 23 heavy (non-hydrogen) atoms. The van der Waals surface area contributed by atoms with Gasteiger partial charge in [0, 0.05) is 18.3 Å². The van der Waals surface area contributed by atoms with E-state index < -0.39 is 30.3 Å². The van der Waals surface area contributed by atoms with Crippen LogP contribution < -0.4 is 20.1 Å². The SMILES string of the molecule is COc1ccc(NC(=O)NCC(CC(=O)O)C(=O)O)cc1OC. The third kappa shape index (κ3) is 5.73. The van der Waals surface area contributed by atoms with Crippen molar-refractivity contribution in [1.82, 2.24) is 5.32 Å². The van der Waals surface area contributed by atoms with Crippen LogP contribution in [-0.4, -0.2) is 48.9 Å². The van der Waals surface area contributed by atoms with Crippen molar-refractivity contribution < 1.29 is 34.1 Å². The number of nitrogens with one attached hydrogen (secondary N) is 2. The monoisotopic (exact) mass is 326 g/mol. The van der Waals surface area contributed by atoms with Gasteiger partial charge in [0.1, 0.15) is 0 Å². The molecular weight excluding hydrogens is 308 g/mol. The largest absolute Gasteiger partial charge is 0.493 e. The van der Waals surface area contributed by atoms with Crippen LogP contribution in [0, 0.1) is 5.92 Å². The van der Waals surface area contributed by atoms with Crippen molar-refractivity contribution in [1.29, 1.82) is 0 Å².